The molecular weight excluding hydrogens is 302 g/mol. The van der Waals surface area contributed by atoms with Crippen molar-refractivity contribution in [3.63, 3.8) is 0 Å². The lowest BCUT2D eigenvalue weighted by molar-refractivity contribution is 0.697. The van der Waals surface area contributed by atoms with Crippen molar-refractivity contribution >= 4 is 26.5 Å². The zero-order valence-electron chi connectivity index (χ0n) is 13.1. The quantitative estimate of drug-likeness (QED) is 0.702. The van der Waals surface area contributed by atoms with Crippen molar-refractivity contribution in [1.29, 1.82) is 0 Å². The molecule has 0 spiro atoms. The predicted molar refractivity (Wildman–Crippen MR) is 102 cm³/mol. The molecular formula is C20H24P2. The minimum atomic E-state index is 0.0845. The molecule has 0 nitrogen and oxygen atoms in total. The van der Waals surface area contributed by atoms with Crippen molar-refractivity contribution in [2.75, 3.05) is 12.3 Å². The van der Waals surface area contributed by atoms with E-state index in [0.717, 1.165) is 11.3 Å². The standard InChI is InChI=1S/C20H24P2/c1-3-9-17(10-4-1)21-15-7-13-19(21)20-14-8-16-22(20)18-11-5-2-6-12-18/h1-6,9-12,19-20H,7-8,13-16H2/t19-,20-,21-,22+/m1/s1. The van der Waals surface area contributed by atoms with Gasteiger partial charge in [-0.25, -0.2) is 0 Å². The molecule has 0 radical (unpaired) electrons. The van der Waals surface area contributed by atoms with Crippen molar-refractivity contribution in [1.82, 2.24) is 0 Å². The fourth-order valence-corrected chi connectivity index (χ4v) is 11.5. The number of hydrogen-bond donors (Lipinski definition) is 0. The zero-order chi connectivity index (χ0) is 14.8. The van der Waals surface area contributed by atoms with Crippen LogP contribution in [-0.4, -0.2) is 23.6 Å². The van der Waals surface area contributed by atoms with Gasteiger partial charge >= 0.3 is 0 Å². The van der Waals surface area contributed by atoms with E-state index >= 15 is 0 Å². The molecule has 2 saturated heterocycles. The largest absolute Gasteiger partial charge is 0.0715 e. The Morgan fingerprint density at radius 2 is 1.00 bits per heavy atom. The molecule has 2 aromatic carbocycles. The Hall–Kier alpha value is -0.700. The Balaban J connectivity index is 1.60. The highest BCUT2D eigenvalue weighted by atomic mass is 31.1. The van der Waals surface area contributed by atoms with Gasteiger partial charge in [-0.2, -0.15) is 0 Å². The zero-order valence-corrected chi connectivity index (χ0v) is 14.9. The molecule has 2 aliphatic rings. The summed E-state index contributed by atoms with van der Waals surface area (Å²) in [6.45, 7) is 0. The van der Waals surface area contributed by atoms with E-state index in [-0.39, 0.29) is 15.8 Å². The minimum absolute atomic E-state index is 0.0845. The summed E-state index contributed by atoms with van der Waals surface area (Å²) in [4.78, 5) is 0. The average molecular weight is 326 g/mol. The minimum Gasteiger partial charge on any atom is -0.0715 e. The summed E-state index contributed by atoms with van der Waals surface area (Å²) in [6.07, 6.45) is 8.82. The molecule has 0 unspecified atom stereocenters. The molecule has 2 heteroatoms. The maximum absolute atomic E-state index is 2.39. The van der Waals surface area contributed by atoms with Gasteiger partial charge in [-0.05, 0) is 59.9 Å². The van der Waals surface area contributed by atoms with E-state index in [2.05, 4.69) is 60.7 Å². The van der Waals surface area contributed by atoms with Crippen molar-refractivity contribution in [3.8, 4) is 0 Å². The van der Waals surface area contributed by atoms with Crippen LogP contribution in [0.25, 0.3) is 0 Å². The second-order valence-electron chi connectivity index (χ2n) is 6.48. The third-order valence-electron chi connectivity index (χ3n) is 5.22. The maximum atomic E-state index is 2.39. The molecule has 4 rings (SSSR count). The lowest BCUT2D eigenvalue weighted by Gasteiger charge is -2.31. The molecule has 114 valence electrons. The summed E-state index contributed by atoms with van der Waals surface area (Å²) in [5.74, 6) is 0. The Morgan fingerprint density at radius 1 is 0.591 bits per heavy atom. The fraction of sp³-hybridized carbons (Fsp3) is 0.400. The summed E-state index contributed by atoms with van der Waals surface area (Å²) in [5, 5.41) is 3.32. The molecule has 0 bridgehead atoms. The predicted octanol–water partition coefficient (Wildman–Crippen LogP) is 4.93. The van der Waals surface area contributed by atoms with Crippen molar-refractivity contribution < 1.29 is 0 Å². The second-order valence-corrected chi connectivity index (χ2v) is 11.6. The van der Waals surface area contributed by atoms with Gasteiger partial charge in [-0.15, -0.1) is 0 Å². The molecule has 22 heavy (non-hydrogen) atoms. The van der Waals surface area contributed by atoms with E-state index in [4.69, 9.17) is 0 Å². The van der Waals surface area contributed by atoms with Gasteiger partial charge in [-0.1, -0.05) is 76.5 Å². The molecule has 0 aromatic heterocycles. The van der Waals surface area contributed by atoms with Crippen molar-refractivity contribution in [3.05, 3.63) is 60.7 Å². The van der Waals surface area contributed by atoms with Crippen LogP contribution < -0.4 is 10.6 Å². The maximum Gasteiger partial charge on any atom is -0.00981 e. The van der Waals surface area contributed by atoms with Gasteiger partial charge in [0.05, 0.1) is 0 Å². The first-order valence-corrected chi connectivity index (χ1v) is 11.8. The molecule has 2 heterocycles. The van der Waals surface area contributed by atoms with Crippen LogP contribution in [0.4, 0.5) is 0 Å². The normalized spacial score (nSPS) is 31.5. The van der Waals surface area contributed by atoms with Crippen LogP contribution >= 0.6 is 15.8 Å². The van der Waals surface area contributed by atoms with E-state index in [1.165, 1.54) is 38.0 Å². The van der Waals surface area contributed by atoms with E-state index in [1.807, 2.05) is 0 Å². The molecule has 4 atom stereocenters. The smallest absolute Gasteiger partial charge is 0.00981 e. The van der Waals surface area contributed by atoms with E-state index in [9.17, 15) is 0 Å². The third kappa shape index (κ3) is 2.89. The van der Waals surface area contributed by atoms with Crippen molar-refractivity contribution in [2.24, 2.45) is 0 Å². The lowest BCUT2D eigenvalue weighted by Crippen LogP contribution is -2.24. The van der Waals surface area contributed by atoms with Gasteiger partial charge in [0.1, 0.15) is 0 Å². The molecule has 2 aromatic rings. The van der Waals surface area contributed by atoms with Crippen LogP contribution in [0.1, 0.15) is 25.7 Å². The second kappa shape index (κ2) is 6.82. The highest BCUT2D eigenvalue weighted by molar-refractivity contribution is 7.70. The van der Waals surface area contributed by atoms with Crippen LogP contribution in [0.3, 0.4) is 0 Å². The van der Waals surface area contributed by atoms with Gasteiger partial charge in [0.15, 0.2) is 0 Å². The Kier molecular flexibility index (Phi) is 4.61. The van der Waals surface area contributed by atoms with Gasteiger partial charge in [0, 0.05) is 0 Å². The molecule has 2 fully saturated rings. The van der Waals surface area contributed by atoms with E-state index in [1.54, 1.807) is 10.6 Å². The molecule has 0 aliphatic carbocycles. The molecule has 0 saturated carbocycles. The van der Waals surface area contributed by atoms with Gasteiger partial charge < -0.3 is 0 Å². The Bertz CT molecular complexity index is 540. The Morgan fingerprint density at radius 3 is 1.41 bits per heavy atom. The first-order chi connectivity index (χ1) is 10.9. The number of hydrogen-bond acceptors (Lipinski definition) is 0. The van der Waals surface area contributed by atoms with Crippen molar-refractivity contribution in [2.45, 2.75) is 37.0 Å². The summed E-state index contributed by atoms with van der Waals surface area (Å²) < 4.78 is 0. The first-order valence-electron chi connectivity index (χ1n) is 8.57. The molecule has 2 aliphatic heterocycles. The summed E-state index contributed by atoms with van der Waals surface area (Å²) in [7, 11) is 0.169. The van der Waals surface area contributed by atoms with Gasteiger partial charge in [0.2, 0.25) is 0 Å². The molecule has 0 amide bonds. The highest BCUT2D eigenvalue weighted by Crippen LogP contribution is 2.61. The number of rotatable bonds is 3. The van der Waals surface area contributed by atoms with Crippen LogP contribution in [-0.2, 0) is 0 Å². The van der Waals surface area contributed by atoms with Gasteiger partial charge in [-0.3, -0.25) is 0 Å². The Labute approximate surface area is 136 Å². The van der Waals surface area contributed by atoms with Crippen LogP contribution in [0.5, 0.6) is 0 Å². The fourth-order valence-electron chi connectivity index (χ4n) is 4.27. The van der Waals surface area contributed by atoms with Crippen LogP contribution in [0, 0.1) is 0 Å². The van der Waals surface area contributed by atoms with E-state index < -0.39 is 0 Å². The van der Waals surface area contributed by atoms with Crippen LogP contribution in [0.2, 0.25) is 0 Å². The van der Waals surface area contributed by atoms with Crippen LogP contribution in [0.15, 0.2) is 60.7 Å². The highest BCUT2D eigenvalue weighted by Gasteiger charge is 2.40. The summed E-state index contributed by atoms with van der Waals surface area (Å²) >= 11 is 0. The monoisotopic (exact) mass is 326 g/mol. The third-order valence-corrected chi connectivity index (χ3v) is 11.8. The topological polar surface area (TPSA) is 0 Å². The van der Waals surface area contributed by atoms with E-state index in [0.29, 0.717) is 0 Å². The number of benzene rings is 2. The summed E-state index contributed by atoms with van der Waals surface area (Å²) in [5.41, 5.74) is 1.98. The average Bonchev–Trinajstić information content (AvgIpc) is 3.25. The first kappa shape index (κ1) is 14.9. The van der Waals surface area contributed by atoms with Gasteiger partial charge in [0.25, 0.3) is 0 Å². The lowest BCUT2D eigenvalue weighted by atomic mass is 10.1. The molecule has 0 N–H and O–H groups in total. The SMILES string of the molecule is c1ccc([P@@]2CCC[C@@H]2[C@H]2CCC[P@@]2c2ccccc2)cc1. The summed E-state index contributed by atoms with van der Waals surface area (Å²) in [6, 6.07) is 22.8.